The summed E-state index contributed by atoms with van der Waals surface area (Å²) >= 11 is 0. The van der Waals surface area contributed by atoms with Crippen molar-refractivity contribution in [3.05, 3.63) is 29.3 Å². The van der Waals surface area contributed by atoms with E-state index in [1.54, 1.807) is 7.11 Å². The van der Waals surface area contributed by atoms with Crippen LogP contribution in [-0.4, -0.2) is 51.4 Å². The van der Waals surface area contributed by atoms with E-state index in [0.717, 1.165) is 32.0 Å². The molecule has 0 spiro atoms. The average Bonchev–Trinajstić information content (AvgIpc) is 2.45. The molecule has 1 N–H and O–H groups in total. The predicted molar refractivity (Wildman–Crippen MR) is 81.4 cm³/mol. The summed E-state index contributed by atoms with van der Waals surface area (Å²) in [5.41, 5.74) is 2.54. The predicted octanol–water partition coefficient (Wildman–Crippen LogP) is 1.98. The Morgan fingerprint density at radius 3 is 2.90 bits per heavy atom. The third-order valence-corrected chi connectivity index (χ3v) is 3.90. The summed E-state index contributed by atoms with van der Waals surface area (Å²) in [5, 5.41) is 3.57. The Labute approximate surface area is 122 Å². The molecule has 0 aromatic heterocycles. The van der Waals surface area contributed by atoms with Crippen molar-refractivity contribution in [1.82, 2.24) is 10.2 Å². The Bertz CT molecular complexity index is 436. The number of hydrogen-bond acceptors (Lipinski definition) is 4. The number of morpholine rings is 1. The van der Waals surface area contributed by atoms with Crippen LogP contribution >= 0.6 is 0 Å². The third kappa shape index (κ3) is 3.51. The Kier molecular flexibility index (Phi) is 5.40. The van der Waals surface area contributed by atoms with Gasteiger partial charge in [0.05, 0.1) is 25.9 Å². The molecule has 20 heavy (non-hydrogen) atoms. The van der Waals surface area contributed by atoms with Gasteiger partial charge in [-0.05, 0) is 43.8 Å². The smallest absolute Gasteiger partial charge is 0.119 e. The summed E-state index contributed by atoms with van der Waals surface area (Å²) in [6, 6.07) is 6.50. The zero-order valence-corrected chi connectivity index (χ0v) is 13.0. The number of aryl methyl sites for hydroxylation is 1. The highest BCUT2D eigenvalue weighted by molar-refractivity contribution is 5.37. The van der Waals surface area contributed by atoms with Crippen LogP contribution in [0, 0.1) is 6.92 Å². The van der Waals surface area contributed by atoms with E-state index in [9.17, 15) is 0 Å². The number of nitrogens with one attached hydrogen (secondary N) is 1. The molecule has 4 nitrogen and oxygen atoms in total. The molecule has 0 radical (unpaired) electrons. The Hall–Kier alpha value is -1.10. The van der Waals surface area contributed by atoms with Crippen LogP contribution in [0.25, 0.3) is 0 Å². The summed E-state index contributed by atoms with van der Waals surface area (Å²) < 4.78 is 11.3. The first-order valence-electron chi connectivity index (χ1n) is 7.33. The highest BCUT2D eigenvalue weighted by atomic mass is 16.5. The van der Waals surface area contributed by atoms with Crippen LogP contribution in [0.4, 0.5) is 0 Å². The van der Waals surface area contributed by atoms with Crippen molar-refractivity contribution in [2.75, 3.05) is 40.4 Å². The number of hydrogen-bond donors (Lipinski definition) is 1. The molecule has 4 heteroatoms. The van der Waals surface area contributed by atoms with E-state index < -0.39 is 0 Å². The molecule has 1 heterocycles. The van der Waals surface area contributed by atoms with Crippen LogP contribution < -0.4 is 10.1 Å². The van der Waals surface area contributed by atoms with Gasteiger partial charge in [-0.1, -0.05) is 13.0 Å². The molecule has 0 saturated carbocycles. The molecular weight excluding hydrogens is 252 g/mol. The SMILES string of the molecule is CCNC(c1ccc(OC)cc1C)C1CN(C)CCO1. The van der Waals surface area contributed by atoms with Crippen molar-refractivity contribution < 1.29 is 9.47 Å². The quantitative estimate of drug-likeness (QED) is 0.893. The minimum Gasteiger partial charge on any atom is -0.497 e. The lowest BCUT2D eigenvalue weighted by Gasteiger charge is -2.36. The van der Waals surface area contributed by atoms with Gasteiger partial charge in [-0.25, -0.2) is 0 Å². The molecule has 1 fully saturated rings. The number of benzene rings is 1. The van der Waals surface area contributed by atoms with Gasteiger partial charge in [-0.2, -0.15) is 0 Å². The highest BCUT2D eigenvalue weighted by Gasteiger charge is 2.28. The maximum atomic E-state index is 5.99. The summed E-state index contributed by atoms with van der Waals surface area (Å²) in [5.74, 6) is 0.906. The molecule has 2 unspecified atom stereocenters. The van der Waals surface area contributed by atoms with E-state index in [-0.39, 0.29) is 12.1 Å². The van der Waals surface area contributed by atoms with Gasteiger partial charge in [-0.3, -0.25) is 0 Å². The lowest BCUT2D eigenvalue weighted by Crippen LogP contribution is -2.46. The molecular formula is C16H26N2O2. The van der Waals surface area contributed by atoms with Crippen molar-refractivity contribution in [2.24, 2.45) is 0 Å². The molecule has 112 valence electrons. The van der Waals surface area contributed by atoms with Crippen molar-refractivity contribution in [3.63, 3.8) is 0 Å². The molecule has 2 atom stereocenters. The molecule has 1 aliphatic rings. The van der Waals surface area contributed by atoms with Gasteiger partial charge >= 0.3 is 0 Å². The highest BCUT2D eigenvalue weighted by Crippen LogP contribution is 2.27. The van der Waals surface area contributed by atoms with E-state index in [4.69, 9.17) is 9.47 Å². The normalized spacial score (nSPS) is 21.7. The van der Waals surface area contributed by atoms with Crippen molar-refractivity contribution >= 4 is 0 Å². The van der Waals surface area contributed by atoms with Gasteiger partial charge in [0.1, 0.15) is 5.75 Å². The maximum Gasteiger partial charge on any atom is 0.119 e. The van der Waals surface area contributed by atoms with E-state index in [2.05, 4.69) is 43.2 Å². The average molecular weight is 278 g/mol. The van der Waals surface area contributed by atoms with Crippen molar-refractivity contribution in [2.45, 2.75) is 26.0 Å². The van der Waals surface area contributed by atoms with Crippen LogP contribution in [0.2, 0.25) is 0 Å². The Morgan fingerprint density at radius 2 is 2.30 bits per heavy atom. The van der Waals surface area contributed by atoms with Gasteiger partial charge in [-0.15, -0.1) is 0 Å². The zero-order chi connectivity index (χ0) is 14.5. The molecule has 0 bridgehead atoms. The van der Waals surface area contributed by atoms with Gasteiger partial charge in [0, 0.05) is 13.1 Å². The molecule has 1 aromatic carbocycles. The molecule has 2 rings (SSSR count). The molecule has 1 aromatic rings. The van der Waals surface area contributed by atoms with Crippen LogP contribution in [0.1, 0.15) is 24.1 Å². The first kappa shape index (κ1) is 15.3. The summed E-state index contributed by atoms with van der Waals surface area (Å²) in [6.07, 6.45) is 0.195. The van der Waals surface area contributed by atoms with Gasteiger partial charge < -0.3 is 19.7 Å². The number of ether oxygens (including phenoxy) is 2. The summed E-state index contributed by atoms with van der Waals surface area (Å²) in [7, 11) is 3.86. The second-order valence-corrected chi connectivity index (χ2v) is 5.43. The number of methoxy groups -OCH3 is 1. The van der Waals surface area contributed by atoms with Gasteiger partial charge in [0.25, 0.3) is 0 Å². The Balaban J connectivity index is 2.23. The van der Waals surface area contributed by atoms with Crippen molar-refractivity contribution in [1.29, 1.82) is 0 Å². The fourth-order valence-electron chi connectivity index (χ4n) is 2.80. The Morgan fingerprint density at radius 1 is 1.50 bits per heavy atom. The van der Waals surface area contributed by atoms with E-state index >= 15 is 0 Å². The first-order valence-corrected chi connectivity index (χ1v) is 7.33. The fraction of sp³-hybridized carbons (Fsp3) is 0.625. The van der Waals surface area contributed by atoms with Gasteiger partial charge in [0.2, 0.25) is 0 Å². The maximum absolute atomic E-state index is 5.99. The van der Waals surface area contributed by atoms with Gasteiger partial charge in [0.15, 0.2) is 0 Å². The molecule has 0 aliphatic carbocycles. The number of likely N-dealkylation sites (N-methyl/N-ethyl adjacent to an activating group) is 2. The molecule has 0 amide bonds. The zero-order valence-electron chi connectivity index (χ0n) is 13.0. The topological polar surface area (TPSA) is 33.7 Å². The second kappa shape index (κ2) is 7.07. The monoisotopic (exact) mass is 278 g/mol. The lowest BCUT2D eigenvalue weighted by molar-refractivity contribution is -0.0391. The molecule has 1 saturated heterocycles. The summed E-state index contributed by atoms with van der Waals surface area (Å²) in [6.45, 7) is 7.98. The third-order valence-electron chi connectivity index (χ3n) is 3.90. The van der Waals surface area contributed by atoms with Crippen LogP contribution in [-0.2, 0) is 4.74 Å². The van der Waals surface area contributed by atoms with E-state index in [1.807, 2.05) is 6.07 Å². The van der Waals surface area contributed by atoms with E-state index in [1.165, 1.54) is 11.1 Å². The van der Waals surface area contributed by atoms with Crippen LogP contribution in [0.15, 0.2) is 18.2 Å². The molecule has 1 aliphatic heterocycles. The minimum absolute atomic E-state index is 0.195. The number of rotatable bonds is 5. The standard InChI is InChI=1S/C16H26N2O2/c1-5-17-16(15-11-18(3)8-9-20-15)14-7-6-13(19-4)10-12(14)2/h6-7,10,15-17H,5,8-9,11H2,1-4H3. The van der Waals surface area contributed by atoms with Crippen LogP contribution in [0.5, 0.6) is 5.75 Å². The van der Waals surface area contributed by atoms with E-state index in [0.29, 0.717) is 0 Å². The second-order valence-electron chi connectivity index (χ2n) is 5.43. The largest absolute Gasteiger partial charge is 0.497 e. The van der Waals surface area contributed by atoms with Crippen LogP contribution in [0.3, 0.4) is 0 Å². The number of nitrogens with zero attached hydrogens (tertiary/aromatic N) is 1. The first-order chi connectivity index (χ1) is 9.65. The fourth-order valence-corrected chi connectivity index (χ4v) is 2.80. The lowest BCUT2D eigenvalue weighted by atomic mass is 9.95. The minimum atomic E-state index is 0.195. The summed E-state index contributed by atoms with van der Waals surface area (Å²) in [4.78, 5) is 2.33. The van der Waals surface area contributed by atoms with Crippen molar-refractivity contribution in [3.8, 4) is 5.75 Å².